The first-order valence-electron chi connectivity index (χ1n) is 4.54. The SMILES string of the molecule is CS(=O)(=O)c1cc(F)cc(CCCO)c1. The minimum absolute atomic E-state index is 0.00468. The van der Waals surface area contributed by atoms with Crippen LogP contribution in [0.2, 0.25) is 0 Å². The first-order chi connectivity index (χ1) is 6.93. The quantitative estimate of drug-likeness (QED) is 0.847. The molecular weight excluding hydrogens is 219 g/mol. The van der Waals surface area contributed by atoms with Crippen LogP contribution in [-0.4, -0.2) is 26.4 Å². The molecule has 15 heavy (non-hydrogen) atoms. The zero-order chi connectivity index (χ0) is 11.5. The first kappa shape index (κ1) is 12.1. The van der Waals surface area contributed by atoms with Gasteiger partial charge in [-0.15, -0.1) is 0 Å². The molecule has 0 aromatic heterocycles. The summed E-state index contributed by atoms with van der Waals surface area (Å²) in [4.78, 5) is -0.0181. The van der Waals surface area contributed by atoms with E-state index >= 15 is 0 Å². The summed E-state index contributed by atoms with van der Waals surface area (Å²) in [5.74, 6) is -0.564. The Morgan fingerprint density at radius 3 is 2.53 bits per heavy atom. The highest BCUT2D eigenvalue weighted by Crippen LogP contribution is 2.15. The van der Waals surface area contributed by atoms with Crippen molar-refractivity contribution < 1.29 is 17.9 Å². The maximum absolute atomic E-state index is 13.1. The van der Waals surface area contributed by atoms with Gasteiger partial charge in [-0.3, -0.25) is 0 Å². The second-order valence-corrected chi connectivity index (χ2v) is 5.41. The van der Waals surface area contributed by atoms with Crippen molar-refractivity contribution in [3.8, 4) is 0 Å². The van der Waals surface area contributed by atoms with Crippen molar-refractivity contribution in [1.82, 2.24) is 0 Å². The lowest BCUT2D eigenvalue weighted by atomic mass is 10.1. The number of rotatable bonds is 4. The fourth-order valence-corrected chi connectivity index (χ4v) is 1.95. The number of aliphatic hydroxyl groups is 1. The lowest BCUT2D eigenvalue weighted by Crippen LogP contribution is -2.00. The van der Waals surface area contributed by atoms with Gasteiger partial charge in [0.25, 0.3) is 0 Å². The van der Waals surface area contributed by atoms with Gasteiger partial charge in [0, 0.05) is 12.9 Å². The van der Waals surface area contributed by atoms with E-state index in [2.05, 4.69) is 0 Å². The maximum atomic E-state index is 13.1. The Morgan fingerprint density at radius 1 is 1.33 bits per heavy atom. The number of sulfone groups is 1. The molecule has 0 fully saturated rings. The topological polar surface area (TPSA) is 54.4 Å². The summed E-state index contributed by atoms with van der Waals surface area (Å²) in [6.07, 6.45) is 2.00. The summed E-state index contributed by atoms with van der Waals surface area (Å²) in [5.41, 5.74) is 0.587. The third-order valence-corrected chi connectivity index (χ3v) is 3.07. The molecule has 5 heteroatoms. The van der Waals surface area contributed by atoms with E-state index in [4.69, 9.17) is 5.11 Å². The molecule has 0 bridgehead atoms. The zero-order valence-corrected chi connectivity index (χ0v) is 9.22. The van der Waals surface area contributed by atoms with Crippen LogP contribution in [0.1, 0.15) is 12.0 Å². The van der Waals surface area contributed by atoms with E-state index in [9.17, 15) is 12.8 Å². The standard InChI is InChI=1S/C10H13FO3S/c1-15(13,14)10-6-8(3-2-4-12)5-9(11)7-10/h5-7,12H,2-4H2,1H3. The van der Waals surface area contributed by atoms with Gasteiger partial charge in [0.2, 0.25) is 0 Å². The Hall–Kier alpha value is -0.940. The third kappa shape index (κ3) is 3.60. The van der Waals surface area contributed by atoms with E-state index in [1.807, 2.05) is 0 Å². The number of aryl methyl sites for hydroxylation is 1. The van der Waals surface area contributed by atoms with Gasteiger partial charge < -0.3 is 5.11 Å². The third-order valence-electron chi connectivity index (χ3n) is 1.98. The zero-order valence-electron chi connectivity index (χ0n) is 8.40. The maximum Gasteiger partial charge on any atom is 0.175 e. The second kappa shape index (κ2) is 4.72. The lowest BCUT2D eigenvalue weighted by Gasteiger charge is -2.03. The molecule has 0 heterocycles. The average Bonchev–Trinajstić information content (AvgIpc) is 2.12. The van der Waals surface area contributed by atoms with Gasteiger partial charge in [-0.25, -0.2) is 12.8 Å². The monoisotopic (exact) mass is 232 g/mol. The molecule has 1 aromatic carbocycles. The fourth-order valence-electron chi connectivity index (χ4n) is 1.26. The van der Waals surface area contributed by atoms with E-state index in [-0.39, 0.29) is 11.5 Å². The van der Waals surface area contributed by atoms with Crippen molar-refractivity contribution in [1.29, 1.82) is 0 Å². The number of halogens is 1. The van der Waals surface area contributed by atoms with Gasteiger partial charge in [0.15, 0.2) is 9.84 Å². The molecule has 0 aliphatic carbocycles. The molecule has 3 nitrogen and oxygen atoms in total. The number of aliphatic hydroxyl groups excluding tert-OH is 1. The van der Waals surface area contributed by atoms with Crippen molar-refractivity contribution in [3.05, 3.63) is 29.6 Å². The molecule has 0 aliphatic rings. The van der Waals surface area contributed by atoms with Crippen LogP contribution in [-0.2, 0) is 16.3 Å². The van der Waals surface area contributed by atoms with Crippen LogP contribution in [0.3, 0.4) is 0 Å². The Bertz CT molecular complexity index is 440. The van der Waals surface area contributed by atoms with Crippen molar-refractivity contribution in [2.24, 2.45) is 0 Å². The van der Waals surface area contributed by atoms with Crippen LogP contribution in [0.25, 0.3) is 0 Å². The van der Waals surface area contributed by atoms with Crippen molar-refractivity contribution in [3.63, 3.8) is 0 Å². The molecular formula is C10H13FO3S. The molecule has 0 atom stereocenters. The molecule has 0 unspecified atom stereocenters. The lowest BCUT2D eigenvalue weighted by molar-refractivity contribution is 0.288. The molecule has 1 aromatic rings. The summed E-state index contributed by atoms with van der Waals surface area (Å²) in [7, 11) is -3.38. The summed E-state index contributed by atoms with van der Waals surface area (Å²) in [6, 6.07) is 3.72. The smallest absolute Gasteiger partial charge is 0.175 e. The molecule has 1 rings (SSSR count). The summed E-state index contributed by atoms with van der Waals surface area (Å²) >= 11 is 0. The van der Waals surface area contributed by atoms with E-state index in [0.29, 0.717) is 18.4 Å². The number of benzene rings is 1. The Morgan fingerprint density at radius 2 is 2.00 bits per heavy atom. The van der Waals surface area contributed by atoms with Crippen LogP contribution < -0.4 is 0 Å². The van der Waals surface area contributed by atoms with Crippen molar-refractivity contribution in [2.75, 3.05) is 12.9 Å². The van der Waals surface area contributed by atoms with Crippen LogP contribution in [0.5, 0.6) is 0 Å². The van der Waals surface area contributed by atoms with Crippen LogP contribution >= 0.6 is 0 Å². The highest BCUT2D eigenvalue weighted by atomic mass is 32.2. The van der Waals surface area contributed by atoms with Crippen LogP contribution in [0.4, 0.5) is 4.39 Å². The number of hydrogen-bond acceptors (Lipinski definition) is 3. The van der Waals surface area contributed by atoms with Gasteiger partial charge in [-0.2, -0.15) is 0 Å². The summed E-state index contributed by atoms with van der Waals surface area (Å²) < 4.78 is 35.4. The van der Waals surface area contributed by atoms with E-state index in [1.165, 1.54) is 12.1 Å². The average molecular weight is 232 g/mol. The normalized spacial score (nSPS) is 11.7. The first-order valence-corrected chi connectivity index (χ1v) is 6.43. The minimum atomic E-state index is -3.38. The summed E-state index contributed by atoms with van der Waals surface area (Å²) in [5, 5.41) is 8.61. The van der Waals surface area contributed by atoms with Gasteiger partial charge in [-0.05, 0) is 36.6 Å². The number of hydrogen-bond donors (Lipinski definition) is 1. The van der Waals surface area contributed by atoms with Crippen LogP contribution in [0, 0.1) is 5.82 Å². The van der Waals surface area contributed by atoms with E-state index in [0.717, 1.165) is 12.3 Å². The predicted molar refractivity (Wildman–Crippen MR) is 54.9 cm³/mol. The highest BCUT2D eigenvalue weighted by Gasteiger charge is 2.09. The molecule has 0 amide bonds. The summed E-state index contributed by atoms with van der Waals surface area (Å²) in [6.45, 7) is 0.00468. The molecule has 0 spiro atoms. The van der Waals surface area contributed by atoms with Gasteiger partial charge in [0.1, 0.15) is 5.82 Å². The Labute approximate surface area is 88.5 Å². The minimum Gasteiger partial charge on any atom is -0.396 e. The van der Waals surface area contributed by atoms with Gasteiger partial charge in [0.05, 0.1) is 4.90 Å². The molecule has 1 N–H and O–H groups in total. The van der Waals surface area contributed by atoms with E-state index in [1.54, 1.807) is 0 Å². The molecule has 0 saturated carbocycles. The molecule has 0 aliphatic heterocycles. The molecule has 0 radical (unpaired) electrons. The largest absolute Gasteiger partial charge is 0.396 e. The van der Waals surface area contributed by atoms with E-state index < -0.39 is 15.7 Å². The van der Waals surface area contributed by atoms with Crippen molar-refractivity contribution >= 4 is 9.84 Å². The molecule has 0 saturated heterocycles. The predicted octanol–water partition coefficient (Wildman–Crippen LogP) is 1.15. The van der Waals surface area contributed by atoms with Gasteiger partial charge >= 0.3 is 0 Å². The Kier molecular flexibility index (Phi) is 3.82. The fraction of sp³-hybridized carbons (Fsp3) is 0.400. The van der Waals surface area contributed by atoms with Gasteiger partial charge in [-0.1, -0.05) is 0 Å². The second-order valence-electron chi connectivity index (χ2n) is 3.39. The van der Waals surface area contributed by atoms with Crippen LogP contribution in [0.15, 0.2) is 23.1 Å². The van der Waals surface area contributed by atoms with Crippen molar-refractivity contribution in [2.45, 2.75) is 17.7 Å². The Balaban J connectivity index is 3.06. The molecule has 84 valence electrons. The highest BCUT2D eigenvalue weighted by molar-refractivity contribution is 7.90.